The molecule has 0 aromatic heterocycles. The van der Waals surface area contributed by atoms with E-state index >= 15 is 0 Å². The van der Waals surface area contributed by atoms with Crippen LogP contribution in [0.25, 0.3) is 0 Å². The van der Waals surface area contributed by atoms with Gasteiger partial charge in [0.25, 0.3) is 0 Å². The molecule has 1 unspecified atom stereocenters. The lowest BCUT2D eigenvalue weighted by Crippen LogP contribution is -2.07. The van der Waals surface area contributed by atoms with Crippen molar-refractivity contribution in [1.29, 1.82) is 0 Å². The van der Waals surface area contributed by atoms with Gasteiger partial charge in [-0.1, -0.05) is 6.07 Å². The highest BCUT2D eigenvalue weighted by Crippen LogP contribution is 2.30. The van der Waals surface area contributed by atoms with E-state index in [4.69, 9.17) is 0 Å². The Morgan fingerprint density at radius 3 is 2.53 bits per heavy atom. The van der Waals surface area contributed by atoms with Crippen LogP contribution in [0.5, 0.6) is 0 Å². The van der Waals surface area contributed by atoms with Crippen LogP contribution in [0.1, 0.15) is 18.9 Å². The summed E-state index contributed by atoms with van der Waals surface area (Å²) in [5.41, 5.74) is -0.828. The summed E-state index contributed by atoms with van der Waals surface area (Å²) in [7, 11) is -1.57. The molecule has 2 nitrogen and oxygen atoms in total. The van der Waals surface area contributed by atoms with Crippen molar-refractivity contribution in [3.05, 3.63) is 29.8 Å². The smallest absolute Gasteiger partial charge is 0.300 e. The van der Waals surface area contributed by atoms with Crippen molar-refractivity contribution in [2.75, 3.05) is 5.75 Å². The third-order valence-electron chi connectivity index (χ3n) is 2.06. The molecule has 0 spiro atoms. The fourth-order valence-corrected chi connectivity index (χ4v) is 2.37. The van der Waals surface area contributed by atoms with Crippen molar-refractivity contribution in [2.45, 2.75) is 24.4 Å². The summed E-state index contributed by atoms with van der Waals surface area (Å²) in [5, 5.41) is 0. The van der Waals surface area contributed by atoms with Gasteiger partial charge in [0.05, 0.1) is 16.4 Å². The lowest BCUT2D eigenvalue weighted by molar-refractivity contribution is -0.137. The Labute approximate surface area is 99.3 Å². The maximum atomic E-state index is 12.4. The lowest BCUT2D eigenvalue weighted by atomic mass is 10.2. The monoisotopic (exact) mass is 264 g/mol. The summed E-state index contributed by atoms with van der Waals surface area (Å²) in [6, 6.07) is 4.36. The van der Waals surface area contributed by atoms with Crippen LogP contribution in [0.15, 0.2) is 29.2 Å². The van der Waals surface area contributed by atoms with Crippen LogP contribution in [0.3, 0.4) is 0 Å². The van der Waals surface area contributed by atoms with Crippen molar-refractivity contribution in [3.8, 4) is 0 Å². The van der Waals surface area contributed by atoms with Crippen LogP contribution in [0.2, 0.25) is 0 Å². The first kappa shape index (κ1) is 13.9. The first-order valence-electron chi connectivity index (χ1n) is 4.86. The molecule has 0 N–H and O–H groups in total. The number of rotatable bonds is 4. The Kier molecular flexibility index (Phi) is 4.45. The highest BCUT2D eigenvalue weighted by atomic mass is 32.2. The summed E-state index contributed by atoms with van der Waals surface area (Å²) in [6.45, 7) is 1.35. The number of halogens is 3. The van der Waals surface area contributed by atoms with Crippen molar-refractivity contribution in [1.82, 2.24) is 0 Å². The molecule has 0 bridgehead atoms. The van der Waals surface area contributed by atoms with Gasteiger partial charge in [0.1, 0.15) is 5.78 Å². The van der Waals surface area contributed by atoms with Crippen LogP contribution in [0.4, 0.5) is 13.2 Å². The molecule has 0 aliphatic heterocycles. The van der Waals surface area contributed by atoms with E-state index in [1.165, 1.54) is 19.1 Å². The molecule has 0 heterocycles. The van der Waals surface area contributed by atoms with Crippen LogP contribution >= 0.6 is 0 Å². The third-order valence-corrected chi connectivity index (χ3v) is 3.42. The Morgan fingerprint density at radius 2 is 2.00 bits per heavy atom. The largest absolute Gasteiger partial charge is 0.416 e. The zero-order chi connectivity index (χ0) is 13.1. The number of carbonyl (C=O) groups excluding carboxylic acids is 1. The van der Waals surface area contributed by atoms with E-state index in [0.717, 1.165) is 12.1 Å². The second kappa shape index (κ2) is 5.44. The average Bonchev–Trinajstić information content (AvgIpc) is 2.25. The van der Waals surface area contributed by atoms with E-state index in [-0.39, 0.29) is 22.9 Å². The molecular formula is C11H11F3O2S. The summed E-state index contributed by atoms with van der Waals surface area (Å²) < 4.78 is 48.8. The van der Waals surface area contributed by atoms with E-state index in [9.17, 15) is 22.2 Å². The third kappa shape index (κ3) is 4.30. The molecule has 1 aromatic rings. The van der Waals surface area contributed by atoms with E-state index in [1.54, 1.807) is 0 Å². The molecule has 0 fully saturated rings. The van der Waals surface area contributed by atoms with Gasteiger partial charge in [-0.25, -0.2) is 0 Å². The number of hydrogen-bond donors (Lipinski definition) is 0. The van der Waals surface area contributed by atoms with E-state index < -0.39 is 22.5 Å². The summed E-state index contributed by atoms with van der Waals surface area (Å²) in [5.74, 6) is -0.0817. The van der Waals surface area contributed by atoms with Gasteiger partial charge in [-0.15, -0.1) is 0 Å². The molecule has 17 heavy (non-hydrogen) atoms. The van der Waals surface area contributed by atoms with E-state index in [1.807, 2.05) is 0 Å². The SMILES string of the molecule is CC(=O)CCS(=O)c1cccc(C(F)(F)F)c1. The predicted molar refractivity (Wildman–Crippen MR) is 58.0 cm³/mol. The molecule has 1 rings (SSSR count). The highest BCUT2D eigenvalue weighted by Gasteiger charge is 2.30. The highest BCUT2D eigenvalue weighted by molar-refractivity contribution is 7.85. The lowest BCUT2D eigenvalue weighted by Gasteiger charge is -2.08. The van der Waals surface area contributed by atoms with Gasteiger partial charge in [-0.05, 0) is 25.1 Å². The summed E-state index contributed by atoms with van der Waals surface area (Å²) >= 11 is 0. The first-order chi connectivity index (χ1) is 7.80. The van der Waals surface area contributed by atoms with Gasteiger partial charge >= 0.3 is 6.18 Å². The second-order valence-corrected chi connectivity index (χ2v) is 5.10. The topological polar surface area (TPSA) is 34.1 Å². The number of ketones is 1. The quantitative estimate of drug-likeness (QED) is 0.838. The van der Waals surface area contributed by atoms with Crippen molar-refractivity contribution >= 4 is 16.6 Å². The maximum absolute atomic E-state index is 12.4. The fourth-order valence-electron chi connectivity index (χ4n) is 1.17. The first-order valence-corrected chi connectivity index (χ1v) is 6.17. The zero-order valence-electron chi connectivity index (χ0n) is 9.08. The average molecular weight is 264 g/mol. The summed E-state index contributed by atoms with van der Waals surface area (Å²) in [4.78, 5) is 10.8. The molecule has 0 saturated carbocycles. The van der Waals surface area contributed by atoms with Crippen LogP contribution in [-0.2, 0) is 21.8 Å². The number of alkyl halides is 3. The van der Waals surface area contributed by atoms with Gasteiger partial charge in [0.2, 0.25) is 0 Å². The Morgan fingerprint density at radius 1 is 1.35 bits per heavy atom. The predicted octanol–water partition coefficient (Wildman–Crippen LogP) is 2.79. The van der Waals surface area contributed by atoms with Gasteiger partial charge in [0.15, 0.2) is 0 Å². The number of hydrogen-bond acceptors (Lipinski definition) is 2. The van der Waals surface area contributed by atoms with E-state index in [2.05, 4.69) is 0 Å². The number of Topliss-reactive ketones (excluding diaryl/α,β-unsaturated/α-hetero) is 1. The van der Waals surface area contributed by atoms with Crippen molar-refractivity contribution < 1.29 is 22.2 Å². The molecule has 0 saturated heterocycles. The van der Waals surface area contributed by atoms with Gasteiger partial charge in [0, 0.05) is 17.1 Å². The fraction of sp³-hybridized carbons (Fsp3) is 0.364. The minimum absolute atomic E-state index is 0.0522. The maximum Gasteiger partial charge on any atom is 0.416 e. The zero-order valence-corrected chi connectivity index (χ0v) is 9.90. The molecule has 6 heteroatoms. The molecule has 94 valence electrons. The van der Waals surface area contributed by atoms with Gasteiger partial charge in [-0.2, -0.15) is 13.2 Å². The summed E-state index contributed by atoms with van der Waals surface area (Å²) in [6.07, 6.45) is -4.34. The van der Waals surface area contributed by atoms with Gasteiger partial charge in [-0.3, -0.25) is 9.00 Å². The number of benzene rings is 1. The van der Waals surface area contributed by atoms with Gasteiger partial charge < -0.3 is 0 Å². The van der Waals surface area contributed by atoms with Crippen LogP contribution < -0.4 is 0 Å². The second-order valence-electron chi connectivity index (χ2n) is 3.53. The molecule has 0 amide bonds. The minimum Gasteiger partial charge on any atom is -0.300 e. The minimum atomic E-state index is -4.44. The Bertz CT molecular complexity index is 441. The molecule has 0 aliphatic carbocycles. The Hall–Kier alpha value is -1.17. The van der Waals surface area contributed by atoms with E-state index in [0.29, 0.717) is 0 Å². The standard InChI is InChI=1S/C11H11F3O2S/c1-8(15)5-6-17(16)10-4-2-3-9(7-10)11(12,13)14/h2-4,7H,5-6H2,1H3. The molecule has 1 aromatic carbocycles. The van der Waals surface area contributed by atoms with Crippen LogP contribution in [0, 0.1) is 0 Å². The van der Waals surface area contributed by atoms with Crippen molar-refractivity contribution in [2.24, 2.45) is 0 Å². The molecule has 0 radical (unpaired) electrons. The van der Waals surface area contributed by atoms with Crippen molar-refractivity contribution in [3.63, 3.8) is 0 Å². The normalized spacial score (nSPS) is 13.4. The molecule has 0 aliphatic rings. The Balaban J connectivity index is 2.85. The molecular weight excluding hydrogens is 253 g/mol. The molecule has 1 atom stereocenters. The van der Waals surface area contributed by atoms with Crippen LogP contribution in [-0.4, -0.2) is 15.7 Å². The number of carbonyl (C=O) groups is 1.